The second kappa shape index (κ2) is 4.45. The average Bonchev–Trinajstić information content (AvgIpc) is 2.83. The lowest BCUT2D eigenvalue weighted by atomic mass is 9.82. The van der Waals surface area contributed by atoms with Crippen molar-refractivity contribution in [2.24, 2.45) is 11.3 Å². The predicted octanol–water partition coefficient (Wildman–Crippen LogP) is 3.20. The van der Waals surface area contributed by atoms with Crippen LogP contribution >= 0.6 is 0 Å². The molecule has 1 saturated carbocycles. The van der Waals surface area contributed by atoms with E-state index in [2.05, 4.69) is 33.0 Å². The van der Waals surface area contributed by atoms with Gasteiger partial charge in [-0.1, -0.05) is 34.1 Å². The zero-order valence-electron chi connectivity index (χ0n) is 9.69. The molecule has 1 aliphatic carbocycles. The van der Waals surface area contributed by atoms with E-state index in [1.54, 1.807) is 0 Å². The monoisotopic (exact) mass is 183 g/mol. The third kappa shape index (κ3) is 4.66. The Labute approximate surface area is 83.3 Å². The Morgan fingerprint density at radius 3 is 2.46 bits per heavy atom. The molecule has 13 heavy (non-hydrogen) atoms. The van der Waals surface area contributed by atoms with Gasteiger partial charge in [-0.3, -0.25) is 0 Å². The molecule has 0 aromatic carbocycles. The lowest BCUT2D eigenvalue weighted by molar-refractivity contribution is 0.260. The number of hydrogen-bond acceptors (Lipinski definition) is 1. The first-order chi connectivity index (χ1) is 6.03. The molecule has 0 heterocycles. The van der Waals surface area contributed by atoms with Crippen LogP contribution in [0.1, 0.15) is 53.4 Å². The Morgan fingerprint density at radius 1 is 1.38 bits per heavy atom. The van der Waals surface area contributed by atoms with Crippen molar-refractivity contribution < 1.29 is 0 Å². The molecule has 1 nitrogen and oxygen atoms in total. The summed E-state index contributed by atoms with van der Waals surface area (Å²) < 4.78 is 0. The van der Waals surface area contributed by atoms with E-state index in [1.165, 1.54) is 32.2 Å². The zero-order chi connectivity index (χ0) is 9.90. The van der Waals surface area contributed by atoms with Gasteiger partial charge in [-0.15, -0.1) is 0 Å². The van der Waals surface area contributed by atoms with Gasteiger partial charge in [0.15, 0.2) is 0 Å². The fourth-order valence-electron chi connectivity index (χ4n) is 1.87. The van der Waals surface area contributed by atoms with Gasteiger partial charge in [-0.2, -0.15) is 0 Å². The van der Waals surface area contributed by atoms with E-state index in [1.807, 2.05) is 0 Å². The van der Waals surface area contributed by atoms with Crippen LogP contribution in [-0.2, 0) is 0 Å². The SMILES string of the molecule is CCC(C)CC(C)(C)CNC1CC1. The summed E-state index contributed by atoms with van der Waals surface area (Å²) in [6.45, 7) is 10.6. The minimum atomic E-state index is 0.484. The van der Waals surface area contributed by atoms with E-state index in [4.69, 9.17) is 0 Å². The van der Waals surface area contributed by atoms with Gasteiger partial charge in [-0.05, 0) is 30.6 Å². The number of rotatable bonds is 6. The Kier molecular flexibility index (Phi) is 3.78. The highest BCUT2D eigenvalue weighted by Gasteiger charge is 2.25. The highest BCUT2D eigenvalue weighted by molar-refractivity contribution is 4.84. The van der Waals surface area contributed by atoms with Crippen LogP contribution in [0.4, 0.5) is 0 Å². The number of hydrogen-bond donors (Lipinski definition) is 1. The predicted molar refractivity (Wildman–Crippen MR) is 58.9 cm³/mol. The van der Waals surface area contributed by atoms with Crippen LogP contribution in [0.25, 0.3) is 0 Å². The molecule has 0 saturated heterocycles. The molecular weight excluding hydrogens is 158 g/mol. The fourth-order valence-corrected chi connectivity index (χ4v) is 1.87. The fraction of sp³-hybridized carbons (Fsp3) is 1.00. The molecule has 0 aromatic rings. The topological polar surface area (TPSA) is 12.0 Å². The Hall–Kier alpha value is -0.0400. The van der Waals surface area contributed by atoms with Crippen LogP contribution in [-0.4, -0.2) is 12.6 Å². The van der Waals surface area contributed by atoms with Gasteiger partial charge in [0.1, 0.15) is 0 Å². The molecule has 1 atom stereocenters. The normalized spacial score (nSPS) is 20.3. The zero-order valence-corrected chi connectivity index (χ0v) is 9.69. The van der Waals surface area contributed by atoms with Crippen LogP contribution in [0.15, 0.2) is 0 Å². The smallest absolute Gasteiger partial charge is 0.00684 e. The first-order valence-electron chi connectivity index (χ1n) is 5.77. The molecule has 0 aromatic heterocycles. The van der Waals surface area contributed by atoms with E-state index in [0.717, 1.165) is 12.0 Å². The molecule has 1 fully saturated rings. The molecule has 1 heteroatoms. The molecule has 1 rings (SSSR count). The van der Waals surface area contributed by atoms with Gasteiger partial charge in [0.05, 0.1) is 0 Å². The standard InChI is InChI=1S/C12H25N/c1-5-10(2)8-12(3,4)9-13-11-6-7-11/h10-11,13H,5-9H2,1-4H3. The molecule has 0 amide bonds. The van der Waals surface area contributed by atoms with E-state index in [0.29, 0.717) is 5.41 Å². The molecule has 0 bridgehead atoms. The third-order valence-corrected chi connectivity index (χ3v) is 3.04. The maximum absolute atomic E-state index is 3.63. The molecule has 1 unspecified atom stereocenters. The van der Waals surface area contributed by atoms with Gasteiger partial charge in [0.2, 0.25) is 0 Å². The Bertz CT molecular complexity index is 147. The summed E-state index contributed by atoms with van der Waals surface area (Å²) in [4.78, 5) is 0. The summed E-state index contributed by atoms with van der Waals surface area (Å²) in [6, 6.07) is 0.858. The van der Waals surface area contributed by atoms with Gasteiger partial charge >= 0.3 is 0 Å². The largest absolute Gasteiger partial charge is 0.313 e. The number of nitrogens with one attached hydrogen (secondary N) is 1. The summed E-state index contributed by atoms with van der Waals surface area (Å²) in [6.07, 6.45) is 5.47. The first kappa shape index (κ1) is 11.0. The summed E-state index contributed by atoms with van der Waals surface area (Å²) in [7, 11) is 0. The summed E-state index contributed by atoms with van der Waals surface area (Å²) in [5.41, 5.74) is 0.484. The van der Waals surface area contributed by atoms with Crippen molar-refractivity contribution in [1.82, 2.24) is 5.32 Å². The van der Waals surface area contributed by atoms with E-state index < -0.39 is 0 Å². The average molecular weight is 183 g/mol. The van der Waals surface area contributed by atoms with Crippen molar-refractivity contribution >= 4 is 0 Å². The van der Waals surface area contributed by atoms with Crippen molar-refractivity contribution in [2.75, 3.05) is 6.54 Å². The second-order valence-corrected chi connectivity index (χ2v) is 5.54. The van der Waals surface area contributed by atoms with Gasteiger partial charge < -0.3 is 5.32 Å². The van der Waals surface area contributed by atoms with Crippen LogP contribution in [0, 0.1) is 11.3 Å². The quantitative estimate of drug-likeness (QED) is 0.667. The van der Waals surface area contributed by atoms with Crippen LogP contribution in [0.3, 0.4) is 0 Å². The summed E-state index contributed by atoms with van der Waals surface area (Å²) in [5, 5.41) is 3.63. The van der Waals surface area contributed by atoms with E-state index in [9.17, 15) is 0 Å². The summed E-state index contributed by atoms with van der Waals surface area (Å²) in [5.74, 6) is 0.871. The lowest BCUT2D eigenvalue weighted by Crippen LogP contribution is -2.32. The summed E-state index contributed by atoms with van der Waals surface area (Å²) >= 11 is 0. The minimum Gasteiger partial charge on any atom is -0.313 e. The minimum absolute atomic E-state index is 0.484. The maximum Gasteiger partial charge on any atom is 0.00684 e. The van der Waals surface area contributed by atoms with Crippen LogP contribution in [0.2, 0.25) is 0 Å². The van der Waals surface area contributed by atoms with Crippen molar-refractivity contribution in [2.45, 2.75) is 59.4 Å². The highest BCUT2D eigenvalue weighted by Crippen LogP contribution is 2.28. The van der Waals surface area contributed by atoms with E-state index >= 15 is 0 Å². The van der Waals surface area contributed by atoms with Crippen molar-refractivity contribution in [1.29, 1.82) is 0 Å². The highest BCUT2D eigenvalue weighted by atomic mass is 15.0. The molecule has 0 aliphatic heterocycles. The third-order valence-electron chi connectivity index (χ3n) is 3.04. The lowest BCUT2D eigenvalue weighted by Gasteiger charge is -2.28. The van der Waals surface area contributed by atoms with Gasteiger partial charge in [0, 0.05) is 12.6 Å². The van der Waals surface area contributed by atoms with Crippen LogP contribution < -0.4 is 5.32 Å². The molecule has 0 spiro atoms. The first-order valence-corrected chi connectivity index (χ1v) is 5.77. The second-order valence-electron chi connectivity index (χ2n) is 5.54. The van der Waals surface area contributed by atoms with Crippen molar-refractivity contribution in [3.63, 3.8) is 0 Å². The van der Waals surface area contributed by atoms with Crippen molar-refractivity contribution in [3.05, 3.63) is 0 Å². The van der Waals surface area contributed by atoms with Gasteiger partial charge in [-0.25, -0.2) is 0 Å². The molecule has 1 aliphatic rings. The molecule has 78 valence electrons. The Balaban J connectivity index is 2.17. The maximum atomic E-state index is 3.63. The Morgan fingerprint density at radius 2 is 2.00 bits per heavy atom. The van der Waals surface area contributed by atoms with Gasteiger partial charge in [0.25, 0.3) is 0 Å². The molecular formula is C12H25N. The van der Waals surface area contributed by atoms with E-state index in [-0.39, 0.29) is 0 Å². The molecule has 1 N–H and O–H groups in total. The van der Waals surface area contributed by atoms with Crippen LogP contribution in [0.5, 0.6) is 0 Å². The van der Waals surface area contributed by atoms with Crippen molar-refractivity contribution in [3.8, 4) is 0 Å². The molecule has 0 radical (unpaired) electrons.